The van der Waals surface area contributed by atoms with E-state index in [0.717, 1.165) is 11.3 Å². The molecule has 0 unspecified atom stereocenters. The fourth-order valence-electron chi connectivity index (χ4n) is 2.42. The van der Waals surface area contributed by atoms with Gasteiger partial charge < -0.3 is 4.74 Å². The molecule has 1 aliphatic heterocycles. The van der Waals surface area contributed by atoms with E-state index >= 15 is 0 Å². The number of hydrazone groups is 1. The molecule has 0 bridgehead atoms. The summed E-state index contributed by atoms with van der Waals surface area (Å²) in [6.45, 7) is 0.271. The summed E-state index contributed by atoms with van der Waals surface area (Å²) in [6.07, 6.45) is 0.680. The number of amides is 1. The van der Waals surface area contributed by atoms with Gasteiger partial charge in [-0.1, -0.05) is 41.9 Å². The van der Waals surface area contributed by atoms with Crippen LogP contribution in [0.3, 0.4) is 0 Å². The number of benzene rings is 2. The number of ether oxygens (including phenoxy) is 1. The first kappa shape index (κ1) is 16.9. The van der Waals surface area contributed by atoms with Crippen LogP contribution >= 0.6 is 11.6 Å². The number of halogens is 1. The lowest BCUT2D eigenvalue weighted by Gasteiger charge is -2.12. The van der Waals surface area contributed by atoms with Gasteiger partial charge in [0.1, 0.15) is 10.8 Å². The Bertz CT molecular complexity index is 839. The van der Waals surface area contributed by atoms with Crippen LogP contribution in [-0.2, 0) is 4.79 Å². The molecule has 0 aromatic heterocycles. The molecule has 0 N–H and O–H groups in total. The van der Waals surface area contributed by atoms with Gasteiger partial charge in [0.05, 0.1) is 17.2 Å². The predicted octanol–water partition coefficient (Wildman–Crippen LogP) is 3.26. The normalized spacial score (nSPS) is 13.5. The number of nitrogens with zero attached hydrogens (tertiary/aromatic N) is 3. The second kappa shape index (κ2) is 7.31. The summed E-state index contributed by atoms with van der Waals surface area (Å²) in [5, 5.41) is 16.4. The second-order valence-electron chi connectivity index (χ2n) is 5.34. The lowest BCUT2D eigenvalue weighted by atomic mass is 10.1. The maximum absolute atomic E-state index is 12.2. The molecule has 0 saturated carbocycles. The van der Waals surface area contributed by atoms with Crippen LogP contribution in [0.25, 0.3) is 0 Å². The molecule has 0 atom stereocenters. The van der Waals surface area contributed by atoms with Crippen molar-refractivity contribution in [1.82, 2.24) is 5.01 Å². The third-order valence-corrected chi connectivity index (χ3v) is 3.98. The summed E-state index contributed by atoms with van der Waals surface area (Å²) >= 11 is 5.81. The van der Waals surface area contributed by atoms with E-state index in [4.69, 9.17) is 16.3 Å². The van der Waals surface area contributed by atoms with Gasteiger partial charge in [-0.25, -0.2) is 5.01 Å². The first-order valence-corrected chi connectivity index (χ1v) is 7.92. The fourth-order valence-corrected chi connectivity index (χ4v) is 2.66. The average Bonchev–Trinajstić information content (AvgIpc) is 3.10. The summed E-state index contributed by atoms with van der Waals surface area (Å²) in [6, 6.07) is 13.6. The molecule has 128 valence electrons. The van der Waals surface area contributed by atoms with Gasteiger partial charge in [0.2, 0.25) is 0 Å². The SMILES string of the molecule is O=C(COc1ccc([N+](=O)[O-])c(Cl)c1)N1CCC(c2ccccc2)=N1. The summed E-state index contributed by atoms with van der Waals surface area (Å²) < 4.78 is 5.37. The van der Waals surface area contributed by atoms with Crippen molar-refractivity contribution in [2.45, 2.75) is 6.42 Å². The summed E-state index contributed by atoms with van der Waals surface area (Å²) in [7, 11) is 0. The smallest absolute Gasteiger partial charge is 0.288 e. The van der Waals surface area contributed by atoms with E-state index in [-0.39, 0.29) is 29.0 Å². The number of carbonyl (C=O) groups excluding carboxylic acids is 1. The Morgan fingerprint density at radius 2 is 2.04 bits per heavy atom. The zero-order chi connectivity index (χ0) is 17.8. The Hall–Kier alpha value is -2.93. The maximum Gasteiger partial charge on any atom is 0.288 e. The number of hydrogen-bond acceptors (Lipinski definition) is 5. The topological polar surface area (TPSA) is 85.0 Å². The van der Waals surface area contributed by atoms with Crippen LogP contribution in [0.5, 0.6) is 5.75 Å². The van der Waals surface area contributed by atoms with Crippen molar-refractivity contribution < 1.29 is 14.5 Å². The minimum Gasteiger partial charge on any atom is -0.484 e. The Kier molecular flexibility index (Phi) is 4.95. The molecular weight excluding hydrogens is 346 g/mol. The van der Waals surface area contributed by atoms with Crippen LogP contribution in [0, 0.1) is 10.1 Å². The molecule has 7 nitrogen and oxygen atoms in total. The van der Waals surface area contributed by atoms with Crippen LogP contribution in [0.15, 0.2) is 53.6 Å². The highest BCUT2D eigenvalue weighted by Gasteiger charge is 2.22. The van der Waals surface area contributed by atoms with Gasteiger partial charge in [0, 0.05) is 18.6 Å². The zero-order valence-electron chi connectivity index (χ0n) is 13.1. The number of carbonyl (C=O) groups is 1. The molecule has 0 fully saturated rings. The molecule has 0 aliphatic carbocycles. The number of hydrogen-bond donors (Lipinski definition) is 0. The Morgan fingerprint density at radius 3 is 2.72 bits per heavy atom. The standard InChI is InChI=1S/C17H14ClN3O4/c18-14-10-13(6-7-16(14)21(23)24)25-11-17(22)20-9-8-15(19-20)12-4-2-1-3-5-12/h1-7,10H,8-9,11H2. The first-order valence-electron chi connectivity index (χ1n) is 7.54. The van der Waals surface area contributed by atoms with Crippen LogP contribution < -0.4 is 4.74 Å². The number of nitro benzene ring substituents is 1. The van der Waals surface area contributed by atoms with Crippen LogP contribution in [0.1, 0.15) is 12.0 Å². The second-order valence-corrected chi connectivity index (χ2v) is 5.75. The number of rotatable bonds is 5. The summed E-state index contributed by atoms with van der Waals surface area (Å²) in [5.41, 5.74) is 1.63. The molecule has 1 heterocycles. The van der Waals surface area contributed by atoms with E-state index in [1.54, 1.807) is 0 Å². The van der Waals surface area contributed by atoms with E-state index in [1.165, 1.54) is 23.2 Å². The Labute approximate surface area is 148 Å². The van der Waals surface area contributed by atoms with Gasteiger partial charge in [0.15, 0.2) is 6.61 Å². The van der Waals surface area contributed by atoms with Crippen molar-refractivity contribution in [3.05, 3.63) is 69.2 Å². The van der Waals surface area contributed by atoms with Gasteiger partial charge in [-0.15, -0.1) is 0 Å². The van der Waals surface area contributed by atoms with Gasteiger partial charge in [0.25, 0.3) is 11.6 Å². The van der Waals surface area contributed by atoms with E-state index in [1.807, 2.05) is 30.3 Å². The van der Waals surface area contributed by atoms with Crippen LogP contribution in [0.2, 0.25) is 5.02 Å². The van der Waals surface area contributed by atoms with Crippen molar-refractivity contribution in [2.24, 2.45) is 5.10 Å². The van der Waals surface area contributed by atoms with E-state index in [9.17, 15) is 14.9 Å². The summed E-state index contributed by atoms with van der Waals surface area (Å²) in [4.78, 5) is 22.4. The highest BCUT2D eigenvalue weighted by Crippen LogP contribution is 2.28. The van der Waals surface area contributed by atoms with E-state index in [0.29, 0.717) is 13.0 Å². The predicted molar refractivity (Wildman–Crippen MR) is 92.9 cm³/mol. The molecule has 1 amide bonds. The fraction of sp³-hybridized carbons (Fsp3) is 0.176. The van der Waals surface area contributed by atoms with E-state index in [2.05, 4.69) is 5.10 Å². The quantitative estimate of drug-likeness (QED) is 0.605. The lowest BCUT2D eigenvalue weighted by Crippen LogP contribution is -2.28. The van der Waals surface area contributed by atoms with E-state index < -0.39 is 4.92 Å². The molecule has 2 aromatic rings. The first-order chi connectivity index (χ1) is 12.0. The van der Waals surface area contributed by atoms with Gasteiger partial charge in [-0.3, -0.25) is 14.9 Å². The molecule has 0 spiro atoms. The highest BCUT2D eigenvalue weighted by molar-refractivity contribution is 6.32. The third kappa shape index (κ3) is 3.95. The minimum atomic E-state index is -0.582. The Morgan fingerprint density at radius 1 is 1.28 bits per heavy atom. The lowest BCUT2D eigenvalue weighted by molar-refractivity contribution is -0.384. The Balaban J connectivity index is 1.61. The van der Waals surface area contributed by atoms with Crippen molar-refractivity contribution in [1.29, 1.82) is 0 Å². The van der Waals surface area contributed by atoms with Gasteiger partial charge >= 0.3 is 0 Å². The molecule has 0 radical (unpaired) electrons. The molecule has 25 heavy (non-hydrogen) atoms. The highest BCUT2D eigenvalue weighted by atomic mass is 35.5. The summed E-state index contributed by atoms with van der Waals surface area (Å²) in [5.74, 6) is -0.00387. The molecule has 0 saturated heterocycles. The minimum absolute atomic E-state index is 0.0412. The van der Waals surface area contributed by atoms with Crippen molar-refractivity contribution in [3.8, 4) is 5.75 Å². The zero-order valence-corrected chi connectivity index (χ0v) is 13.8. The van der Waals surface area contributed by atoms with Crippen molar-refractivity contribution >= 4 is 28.9 Å². The molecule has 2 aromatic carbocycles. The largest absolute Gasteiger partial charge is 0.484 e. The monoisotopic (exact) mass is 359 g/mol. The average molecular weight is 360 g/mol. The molecule has 1 aliphatic rings. The van der Waals surface area contributed by atoms with Gasteiger partial charge in [-0.2, -0.15) is 5.10 Å². The van der Waals surface area contributed by atoms with Gasteiger partial charge in [-0.05, 0) is 11.6 Å². The van der Waals surface area contributed by atoms with Crippen molar-refractivity contribution in [2.75, 3.05) is 13.2 Å². The van der Waals surface area contributed by atoms with Crippen molar-refractivity contribution in [3.63, 3.8) is 0 Å². The number of nitro groups is 1. The van der Waals surface area contributed by atoms with Crippen LogP contribution in [-0.4, -0.2) is 34.7 Å². The molecular formula is C17H14ClN3O4. The molecule has 8 heteroatoms. The third-order valence-electron chi connectivity index (χ3n) is 3.67. The maximum atomic E-state index is 12.2. The van der Waals surface area contributed by atoms with Crippen LogP contribution in [0.4, 0.5) is 5.69 Å². The molecule has 3 rings (SSSR count).